The zero-order chi connectivity index (χ0) is 51.9. The summed E-state index contributed by atoms with van der Waals surface area (Å²) in [5.41, 5.74) is 5.91. The van der Waals surface area contributed by atoms with Crippen LogP contribution in [0, 0.1) is 17.0 Å². The molecule has 4 atom stereocenters. The van der Waals surface area contributed by atoms with Gasteiger partial charge in [0.1, 0.15) is 42.9 Å². The van der Waals surface area contributed by atoms with E-state index < -0.39 is 133 Å². The number of nitrogens with two attached hydrogens (primary N) is 1. The molecular weight excluding hydrogens is 921 g/mol. The standard InChI is InChI=1S/C47H57F2N9O12/c1-27(60)53-35(22-37(50)61)46(70)55-34(45(69)52-18-17-51-44(68)33(12-15-42(66)67)54-38(62)25-58-39(63)13-14-40(58)64)16-19-57(41(65)26-59)43(47(2,3)4)36-20-29(31-21-30(48)10-11-32(31)49)24-56(36)23-28-8-6-5-7-9-28/h5-11,13-14,20-21,24,33-35,43,59H,12,15-19,22-23,25-26H2,1-4H3,(H2,50,61)(H,51,68)(H,52,69)(H,53,60)(H,54,62)(H,55,70)(H,66,67)/t33-,34?,35?,43?/m1/s1. The molecule has 0 bridgehead atoms. The molecule has 1 aliphatic rings. The van der Waals surface area contributed by atoms with E-state index in [1.54, 1.807) is 37.6 Å². The molecule has 9 N–H and O–H groups in total. The number of carbonyl (C=O) groups is 10. The summed E-state index contributed by atoms with van der Waals surface area (Å²) < 4.78 is 31.6. The maximum atomic E-state index is 15.3. The summed E-state index contributed by atoms with van der Waals surface area (Å²) in [4.78, 5) is 128. The highest BCUT2D eigenvalue weighted by atomic mass is 19.1. The summed E-state index contributed by atoms with van der Waals surface area (Å²) in [7, 11) is 0. The van der Waals surface area contributed by atoms with Gasteiger partial charge in [0.2, 0.25) is 41.4 Å². The summed E-state index contributed by atoms with van der Waals surface area (Å²) >= 11 is 0. The number of nitrogens with one attached hydrogen (secondary N) is 5. The minimum absolute atomic E-state index is 0.0627. The molecule has 0 fully saturated rings. The maximum absolute atomic E-state index is 15.3. The molecule has 376 valence electrons. The number of aliphatic hydroxyl groups excluding tert-OH is 1. The third kappa shape index (κ3) is 15.9. The van der Waals surface area contributed by atoms with Crippen LogP contribution in [0.5, 0.6) is 0 Å². The minimum Gasteiger partial charge on any atom is -0.481 e. The third-order valence-electron chi connectivity index (χ3n) is 10.8. The summed E-state index contributed by atoms with van der Waals surface area (Å²) in [6.07, 6.45) is 1.51. The second-order valence-corrected chi connectivity index (χ2v) is 17.4. The predicted molar refractivity (Wildman–Crippen MR) is 245 cm³/mol. The Kier molecular flexibility index (Phi) is 19.5. The highest BCUT2D eigenvalue weighted by molar-refractivity contribution is 6.14. The number of aliphatic carboxylic acids is 1. The van der Waals surface area contributed by atoms with Crippen LogP contribution in [-0.2, 0) is 54.5 Å². The Labute approximate surface area is 401 Å². The Morgan fingerprint density at radius 2 is 1.41 bits per heavy atom. The molecule has 2 aromatic carbocycles. The van der Waals surface area contributed by atoms with E-state index in [4.69, 9.17) is 5.73 Å². The molecule has 3 unspecified atom stereocenters. The lowest BCUT2D eigenvalue weighted by atomic mass is 9.82. The Morgan fingerprint density at radius 1 is 0.800 bits per heavy atom. The van der Waals surface area contributed by atoms with Crippen LogP contribution in [0.25, 0.3) is 11.1 Å². The van der Waals surface area contributed by atoms with Crippen molar-refractivity contribution < 1.29 is 66.9 Å². The monoisotopic (exact) mass is 977 g/mol. The van der Waals surface area contributed by atoms with Gasteiger partial charge in [-0.2, -0.15) is 0 Å². The molecule has 21 nitrogen and oxygen atoms in total. The van der Waals surface area contributed by atoms with Crippen LogP contribution in [0.4, 0.5) is 8.78 Å². The van der Waals surface area contributed by atoms with Gasteiger partial charge in [0, 0.05) is 74.7 Å². The Morgan fingerprint density at radius 3 is 1.97 bits per heavy atom. The fraction of sp³-hybridized carbons (Fsp3) is 0.404. The summed E-state index contributed by atoms with van der Waals surface area (Å²) in [5, 5.41) is 31.7. The van der Waals surface area contributed by atoms with Gasteiger partial charge in [-0.15, -0.1) is 0 Å². The van der Waals surface area contributed by atoms with Crippen LogP contribution in [0.15, 0.2) is 72.9 Å². The number of aliphatic hydroxyl groups is 1. The zero-order valence-electron chi connectivity index (χ0n) is 39.0. The van der Waals surface area contributed by atoms with Gasteiger partial charge in [-0.1, -0.05) is 51.1 Å². The van der Waals surface area contributed by atoms with Crippen molar-refractivity contribution in [2.45, 2.75) is 84.1 Å². The van der Waals surface area contributed by atoms with E-state index in [9.17, 15) is 62.5 Å². The number of primary amides is 1. The molecule has 3 aromatic rings. The molecular formula is C47H57F2N9O12. The number of benzene rings is 2. The van der Waals surface area contributed by atoms with Crippen LogP contribution in [0.3, 0.4) is 0 Å². The second kappa shape index (κ2) is 25.0. The van der Waals surface area contributed by atoms with Crippen molar-refractivity contribution in [2.75, 3.05) is 32.8 Å². The van der Waals surface area contributed by atoms with Crippen LogP contribution >= 0.6 is 0 Å². The number of hydrogen-bond acceptors (Lipinski definition) is 11. The Balaban J connectivity index is 1.63. The lowest BCUT2D eigenvalue weighted by Gasteiger charge is -2.41. The lowest BCUT2D eigenvalue weighted by molar-refractivity contribution is -0.141. The number of carboxylic acid groups (broad SMARTS) is 1. The van der Waals surface area contributed by atoms with Crippen LogP contribution in [-0.4, -0.2) is 135 Å². The van der Waals surface area contributed by atoms with Gasteiger partial charge in [-0.25, -0.2) is 8.78 Å². The predicted octanol–water partition coefficient (Wildman–Crippen LogP) is 0.152. The van der Waals surface area contributed by atoms with Gasteiger partial charge in [-0.3, -0.25) is 52.8 Å². The van der Waals surface area contributed by atoms with E-state index in [0.29, 0.717) is 10.6 Å². The third-order valence-corrected chi connectivity index (χ3v) is 10.8. The maximum Gasteiger partial charge on any atom is 0.303 e. The summed E-state index contributed by atoms with van der Waals surface area (Å²) in [6.45, 7) is 3.88. The Hall–Kier alpha value is -7.82. The molecule has 0 saturated carbocycles. The van der Waals surface area contributed by atoms with Crippen molar-refractivity contribution in [3.63, 3.8) is 0 Å². The van der Waals surface area contributed by atoms with Crippen LogP contribution in [0.1, 0.15) is 70.7 Å². The van der Waals surface area contributed by atoms with Crippen molar-refractivity contribution in [2.24, 2.45) is 11.1 Å². The van der Waals surface area contributed by atoms with Crippen molar-refractivity contribution in [3.05, 3.63) is 95.8 Å². The van der Waals surface area contributed by atoms with Gasteiger partial charge < -0.3 is 52.0 Å². The van der Waals surface area contributed by atoms with E-state index in [0.717, 1.165) is 42.8 Å². The zero-order valence-corrected chi connectivity index (χ0v) is 39.0. The van der Waals surface area contributed by atoms with Crippen molar-refractivity contribution in [1.29, 1.82) is 0 Å². The first-order valence-corrected chi connectivity index (χ1v) is 22.0. The number of rotatable bonds is 25. The molecule has 23 heteroatoms. The fourth-order valence-electron chi connectivity index (χ4n) is 7.69. The SMILES string of the molecule is CC(=O)NC(CC(N)=O)C(=O)NC(CCN(C(=O)CO)C(c1cc(-c2cc(F)ccc2F)cn1Cc1ccccc1)C(C)(C)C)C(=O)NCCNC(=O)[C@@H](CCC(=O)O)NC(=O)CN1C(=O)C=CC1=O. The van der Waals surface area contributed by atoms with Crippen LogP contribution < -0.4 is 32.3 Å². The molecule has 1 aromatic heterocycles. The normalized spacial score (nSPS) is 14.0. The molecule has 9 amide bonds. The van der Waals surface area contributed by atoms with Crippen molar-refractivity contribution in [1.82, 2.24) is 41.0 Å². The van der Waals surface area contributed by atoms with Crippen molar-refractivity contribution >= 4 is 59.1 Å². The van der Waals surface area contributed by atoms with E-state index in [-0.39, 0.29) is 43.7 Å². The fourth-order valence-corrected chi connectivity index (χ4v) is 7.69. The summed E-state index contributed by atoms with van der Waals surface area (Å²) in [6, 6.07) is 8.22. The number of nitrogens with zero attached hydrogens (tertiary/aromatic N) is 3. The highest BCUT2D eigenvalue weighted by Gasteiger charge is 2.38. The first-order valence-electron chi connectivity index (χ1n) is 22.0. The van der Waals surface area contributed by atoms with Crippen molar-refractivity contribution in [3.8, 4) is 11.1 Å². The average Bonchev–Trinajstić information content (AvgIpc) is 3.84. The molecule has 1 aliphatic heterocycles. The summed E-state index contributed by atoms with van der Waals surface area (Å²) in [5.74, 6) is -10.5. The molecule has 0 saturated heterocycles. The highest BCUT2D eigenvalue weighted by Crippen LogP contribution is 2.41. The van der Waals surface area contributed by atoms with E-state index in [2.05, 4.69) is 26.6 Å². The number of carboxylic acids is 1. The van der Waals surface area contributed by atoms with Crippen LogP contribution in [0.2, 0.25) is 0 Å². The quantitative estimate of drug-likeness (QED) is 0.0416. The number of carbonyl (C=O) groups excluding carboxylic acids is 9. The topological polar surface area (TPSA) is 309 Å². The smallest absolute Gasteiger partial charge is 0.303 e. The van der Waals surface area contributed by atoms with E-state index >= 15 is 4.39 Å². The molecule has 0 aliphatic carbocycles. The van der Waals surface area contributed by atoms with Gasteiger partial charge in [0.05, 0.1) is 12.5 Å². The van der Waals surface area contributed by atoms with Gasteiger partial charge in [0.15, 0.2) is 0 Å². The van der Waals surface area contributed by atoms with E-state index in [1.807, 2.05) is 30.3 Å². The molecule has 4 rings (SSSR count). The largest absolute Gasteiger partial charge is 0.481 e. The lowest BCUT2D eigenvalue weighted by Crippen LogP contribution is -2.56. The number of halogens is 2. The first-order chi connectivity index (χ1) is 33.0. The number of aromatic nitrogens is 1. The van der Waals surface area contributed by atoms with Gasteiger partial charge in [0.25, 0.3) is 11.8 Å². The molecule has 70 heavy (non-hydrogen) atoms. The average molecular weight is 978 g/mol. The van der Waals surface area contributed by atoms with Gasteiger partial charge in [-0.05, 0) is 48.1 Å². The number of hydrogen-bond donors (Lipinski definition) is 8. The minimum atomic E-state index is -1.55. The molecule has 0 radical (unpaired) electrons. The second-order valence-electron chi connectivity index (χ2n) is 17.4. The Bertz CT molecular complexity index is 2460. The van der Waals surface area contributed by atoms with Gasteiger partial charge >= 0.3 is 5.97 Å². The molecule has 0 spiro atoms. The number of amides is 9. The molecule has 2 heterocycles. The van der Waals surface area contributed by atoms with E-state index in [1.165, 1.54) is 4.90 Å². The number of imide groups is 1. The first kappa shape index (κ1) is 54.8.